The van der Waals surface area contributed by atoms with E-state index in [4.69, 9.17) is 5.73 Å². The summed E-state index contributed by atoms with van der Waals surface area (Å²) in [5.74, 6) is 0.757. The standard InChI is InChI=1S/C22H21N5O/c1-14-5-3-6-16(13-14)15(2)25-21(28)18-7-4-8-19-17(18)10-12-27(19)20-9-11-24-22(23)26-20/h3-13,15H,1-2H3,(H,25,28)(H2,23,24,26)/t15-/m1/s1. The average Bonchev–Trinajstić information content (AvgIpc) is 3.12. The number of carbonyl (C=O) groups excluding carboxylic acids is 1. The quantitative estimate of drug-likeness (QED) is 0.571. The summed E-state index contributed by atoms with van der Waals surface area (Å²) < 4.78 is 1.90. The maximum Gasteiger partial charge on any atom is 0.252 e. The van der Waals surface area contributed by atoms with Gasteiger partial charge in [-0.2, -0.15) is 4.98 Å². The third kappa shape index (κ3) is 3.32. The van der Waals surface area contributed by atoms with Crippen LogP contribution >= 0.6 is 0 Å². The number of carbonyl (C=O) groups is 1. The van der Waals surface area contributed by atoms with E-state index in [1.165, 1.54) is 5.56 Å². The number of nitrogens with two attached hydrogens (primary N) is 1. The van der Waals surface area contributed by atoms with E-state index in [-0.39, 0.29) is 17.9 Å². The van der Waals surface area contributed by atoms with Crippen LogP contribution in [0.25, 0.3) is 16.7 Å². The van der Waals surface area contributed by atoms with Gasteiger partial charge in [0.25, 0.3) is 5.91 Å². The van der Waals surface area contributed by atoms with Gasteiger partial charge in [0.05, 0.1) is 11.6 Å². The van der Waals surface area contributed by atoms with E-state index in [0.717, 1.165) is 16.5 Å². The van der Waals surface area contributed by atoms with Crippen LogP contribution in [0.5, 0.6) is 0 Å². The van der Waals surface area contributed by atoms with Crippen LogP contribution < -0.4 is 11.1 Å². The molecule has 3 N–H and O–H groups in total. The van der Waals surface area contributed by atoms with E-state index in [9.17, 15) is 4.79 Å². The molecule has 0 aliphatic rings. The summed E-state index contributed by atoms with van der Waals surface area (Å²) >= 11 is 0. The van der Waals surface area contributed by atoms with Crippen molar-refractivity contribution in [3.63, 3.8) is 0 Å². The lowest BCUT2D eigenvalue weighted by Crippen LogP contribution is -2.26. The fraction of sp³-hybridized carbons (Fsp3) is 0.136. The van der Waals surface area contributed by atoms with Crippen molar-refractivity contribution in [3.05, 3.63) is 83.7 Å². The summed E-state index contributed by atoms with van der Waals surface area (Å²) in [6, 6.07) is 17.4. The molecule has 0 aliphatic carbocycles. The van der Waals surface area contributed by atoms with Gasteiger partial charge in [-0.25, -0.2) is 4.98 Å². The van der Waals surface area contributed by atoms with E-state index >= 15 is 0 Å². The monoisotopic (exact) mass is 371 g/mol. The van der Waals surface area contributed by atoms with Crippen LogP contribution in [-0.4, -0.2) is 20.4 Å². The third-order valence-electron chi connectivity index (χ3n) is 4.77. The van der Waals surface area contributed by atoms with Crippen molar-refractivity contribution < 1.29 is 4.79 Å². The molecule has 0 bridgehead atoms. The van der Waals surface area contributed by atoms with Gasteiger partial charge >= 0.3 is 0 Å². The van der Waals surface area contributed by atoms with Crippen molar-refractivity contribution in [1.82, 2.24) is 19.9 Å². The SMILES string of the molecule is Cc1cccc([C@@H](C)NC(=O)c2cccc3c2ccn3-c2ccnc(N)n2)c1. The summed E-state index contributed by atoms with van der Waals surface area (Å²) in [6.45, 7) is 4.03. The summed E-state index contributed by atoms with van der Waals surface area (Å²) in [5.41, 5.74) is 9.46. The molecule has 0 unspecified atom stereocenters. The van der Waals surface area contributed by atoms with Gasteiger partial charge in [-0.1, -0.05) is 35.9 Å². The lowest BCUT2D eigenvalue weighted by atomic mass is 10.0. The van der Waals surface area contributed by atoms with Crippen LogP contribution in [0, 0.1) is 6.92 Å². The number of aryl methyl sites for hydroxylation is 1. The second kappa shape index (κ2) is 7.15. The average molecular weight is 371 g/mol. The zero-order chi connectivity index (χ0) is 19.7. The Morgan fingerprint density at radius 3 is 2.75 bits per heavy atom. The van der Waals surface area contributed by atoms with Gasteiger partial charge in [0.2, 0.25) is 5.95 Å². The van der Waals surface area contributed by atoms with Gasteiger partial charge in [0, 0.05) is 23.3 Å². The van der Waals surface area contributed by atoms with Gasteiger partial charge in [-0.05, 0) is 43.7 Å². The lowest BCUT2D eigenvalue weighted by Gasteiger charge is -2.15. The highest BCUT2D eigenvalue weighted by atomic mass is 16.1. The van der Waals surface area contributed by atoms with E-state index in [1.807, 2.05) is 67.1 Å². The first kappa shape index (κ1) is 17.7. The lowest BCUT2D eigenvalue weighted by molar-refractivity contribution is 0.0941. The maximum atomic E-state index is 13.0. The first-order valence-electron chi connectivity index (χ1n) is 9.09. The predicted octanol–water partition coefficient (Wildman–Crippen LogP) is 3.80. The van der Waals surface area contributed by atoms with Gasteiger partial charge in [0.15, 0.2) is 0 Å². The van der Waals surface area contributed by atoms with E-state index in [2.05, 4.69) is 21.4 Å². The molecule has 2 aromatic carbocycles. The van der Waals surface area contributed by atoms with Crippen molar-refractivity contribution in [2.75, 3.05) is 5.73 Å². The Hall–Kier alpha value is -3.67. The minimum atomic E-state index is -0.112. The number of amides is 1. The van der Waals surface area contributed by atoms with Crippen molar-refractivity contribution in [2.45, 2.75) is 19.9 Å². The Morgan fingerprint density at radius 2 is 1.96 bits per heavy atom. The number of nitrogen functional groups attached to an aromatic ring is 1. The molecule has 0 radical (unpaired) electrons. The van der Waals surface area contributed by atoms with Crippen molar-refractivity contribution in [1.29, 1.82) is 0 Å². The number of hydrogen-bond donors (Lipinski definition) is 2. The second-order valence-electron chi connectivity index (χ2n) is 6.81. The van der Waals surface area contributed by atoms with Gasteiger partial charge in [0.1, 0.15) is 5.82 Å². The molecule has 4 rings (SSSR count). The first-order valence-corrected chi connectivity index (χ1v) is 9.09. The Labute approximate surface area is 163 Å². The molecule has 1 atom stereocenters. The van der Waals surface area contributed by atoms with Gasteiger partial charge in [-0.3, -0.25) is 4.79 Å². The molecule has 2 aromatic heterocycles. The second-order valence-corrected chi connectivity index (χ2v) is 6.81. The highest BCUT2D eigenvalue weighted by molar-refractivity contribution is 6.07. The Kier molecular flexibility index (Phi) is 4.53. The van der Waals surface area contributed by atoms with Crippen molar-refractivity contribution >= 4 is 22.8 Å². The Morgan fingerprint density at radius 1 is 1.14 bits per heavy atom. The number of rotatable bonds is 4. The minimum absolute atomic E-state index is 0.0913. The van der Waals surface area contributed by atoms with Crippen molar-refractivity contribution in [3.8, 4) is 5.82 Å². The summed E-state index contributed by atoms with van der Waals surface area (Å²) in [6.07, 6.45) is 3.50. The number of anilines is 1. The number of nitrogens with zero attached hydrogens (tertiary/aromatic N) is 3. The van der Waals surface area contributed by atoms with Crippen LogP contribution in [0.2, 0.25) is 0 Å². The molecule has 0 fully saturated rings. The first-order chi connectivity index (χ1) is 13.5. The smallest absolute Gasteiger partial charge is 0.252 e. The number of benzene rings is 2. The number of fused-ring (bicyclic) bond motifs is 1. The van der Waals surface area contributed by atoms with Crippen LogP contribution in [0.4, 0.5) is 5.95 Å². The summed E-state index contributed by atoms with van der Waals surface area (Å²) in [4.78, 5) is 21.2. The third-order valence-corrected chi connectivity index (χ3v) is 4.77. The van der Waals surface area contributed by atoms with Gasteiger partial charge < -0.3 is 15.6 Å². The molecule has 28 heavy (non-hydrogen) atoms. The van der Waals surface area contributed by atoms with Crippen molar-refractivity contribution in [2.24, 2.45) is 0 Å². The van der Waals surface area contributed by atoms with E-state index in [0.29, 0.717) is 11.4 Å². The molecule has 0 spiro atoms. The van der Waals surface area contributed by atoms with Crippen LogP contribution in [0.1, 0.15) is 34.5 Å². The predicted molar refractivity (Wildman–Crippen MR) is 110 cm³/mol. The van der Waals surface area contributed by atoms with Crippen LogP contribution in [0.15, 0.2) is 67.0 Å². The highest BCUT2D eigenvalue weighted by Crippen LogP contribution is 2.24. The zero-order valence-corrected chi connectivity index (χ0v) is 15.8. The van der Waals surface area contributed by atoms with Crippen LogP contribution in [0.3, 0.4) is 0 Å². The molecule has 6 nitrogen and oxygen atoms in total. The molecule has 0 saturated heterocycles. The molecule has 4 aromatic rings. The Balaban J connectivity index is 1.67. The number of nitrogens with one attached hydrogen (secondary N) is 1. The zero-order valence-electron chi connectivity index (χ0n) is 15.8. The fourth-order valence-corrected chi connectivity index (χ4v) is 3.36. The molecule has 6 heteroatoms. The Bertz CT molecular complexity index is 1160. The fourth-order valence-electron chi connectivity index (χ4n) is 3.36. The molecule has 1 amide bonds. The van der Waals surface area contributed by atoms with E-state index in [1.54, 1.807) is 12.3 Å². The number of hydrogen-bond acceptors (Lipinski definition) is 4. The molecular formula is C22H21N5O. The normalized spacial score (nSPS) is 12.1. The summed E-state index contributed by atoms with van der Waals surface area (Å²) in [7, 11) is 0. The van der Waals surface area contributed by atoms with E-state index < -0.39 is 0 Å². The maximum absolute atomic E-state index is 13.0. The summed E-state index contributed by atoms with van der Waals surface area (Å²) in [5, 5.41) is 3.95. The molecular weight excluding hydrogens is 350 g/mol. The van der Waals surface area contributed by atoms with Crippen LogP contribution in [-0.2, 0) is 0 Å². The topological polar surface area (TPSA) is 85.8 Å². The highest BCUT2D eigenvalue weighted by Gasteiger charge is 2.16. The molecule has 140 valence electrons. The largest absolute Gasteiger partial charge is 0.368 e. The molecule has 0 saturated carbocycles. The number of aromatic nitrogens is 3. The molecule has 2 heterocycles. The molecule has 0 aliphatic heterocycles. The van der Waals surface area contributed by atoms with Gasteiger partial charge in [-0.15, -0.1) is 0 Å². The minimum Gasteiger partial charge on any atom is -0.368 e.